The molecule has 4 aromatic rings. The van der Waals surface area contributed by atoms with Crippen molar-refractivity contribution >= 4 is 34.7 Å². The third-order valence-electron chi connectivity index (χ3n) is 4.66. The van der Waals surface area contributed by atoms with Crippen LogP contribution in [0.1, 0.15) is 23.2 Å². The first-order valence-corrected chi connectivity index (χ1v) is 11.9. The smallest absolute Gasteiger partial charge is 0.231 e. The second-order valence-corrected chi connectivity index (χ2v) is 8.91. The van der Waals surface area contributed by atoms with Crippen molar-refractivity contribution in [1.29, 1.82) is 0 Å². The Morgan fingerprint density at radius 1 is 1.10 bits per heavy atom. The maximum atomic E-state index is 12.3. The molecule has 0 aliphatic carbocycles. The molecule has 2 aromatic heterocycles. The van der Waals surface area contributed by atoms with Crippen LogP contribution in [0.2, 0.25) is 0 Å². The van der Waals surface area contributed by atoms with Crippen LogP contribution in [0.3, 0.4) is 0 Å². The van der Waals surface area contributed by atoms with Crippen molar-refractivity contribution in [3.63, 3.8) is 0 Å². The Kier molecular flexibility index (Phi) is 6.79. The van der Waals surface area contributed by atoms with Gasteiger partial charge in [0.1, 0.15) is 5.01 Å². The minimum absolute atomic E-state index is 0.0596. The van der Waals surface area contributed by atoms with Crippen molar-refractivity contribution in [2.75, 3.05) is 5.32 Å². The van der Waals surface area contributed by atoms with Crippen molar-refractivity contribution in [3.05, 3.63) is 76.2 Å². The van der Waals surface area contributed by atoms with Gasteiger partial charge in [-0.05, 0) is 26.0 Å². The monoisotopic (exact) mass is 449 g/mol. The fraction of sp³-hybridized carbons (Fsp3) is 0.217. The number of nitrogens with zero attached hydrogens (tertiary/aromatic N) is 4. The summed E-state index contributed by atoms with van der Waals surface area (Å²) in [5.41, 5.74) is 3.96. The summed E-state index contributed by atoms with van der Waals surface area (Å²) in [6, 6.07) is 17.9. The zero-order valence-corrected chi connectivity index (χ0v) is 19.0. The van der Waals surface area contributed by atoms with E-state index < -0.39 is 0 Å². The Bertz CT molecular complexity index is 1150. The number of thioether (sulfide) groups is 1. The minimum atomic E-state index is -0.0596. The molecule has 2 aromatic carbocycles. The van der Waals surface area contributed by atoms with Crippen molar-refractivity contribution in [1.82, 2.24) is 19.7 Å². The molecule has 0 atom stereocenters. The van der Waals surface area contributed by atoms with E-state index >= 15 is 0 Å². The molecular formula is C23H23N5OS2. The standard InChI is InChI=1S/C23H23N5OS2/c1-3-28-22(17-7-5-4-6-8-17)26-27-23(28)31-15-19-14-30-21(25-19)13-20(29)24-18-11-9-16(2)10-12-18/h4-12,14H,3,13,15H2,1-2H3,(H,24,29). The molecule has 0 spiro atoms. The maximum Gasteiger partial charge on any atom is 0.231 e. The summed E-state index contributed by atoms with van der Waals surface area (Å²) < 4.78 is 2.11. The van der Waals surface area contributed by atoms with Crippen LogP contribution < -0.4 is 5.32 Å². The minimum Gasteiger partial charge on any atom is -0.326 e. The number of carbonyl (C=O) groups excluding carboxylic acids is 1. The van der Waals surface area contributed by atoms with Crippen molar-refractivity contribution in [3.8, 4) is 11.4 Å². The first-order valence-electron chi connectivity index (χ1n) is 10.0. The fourth-order valence-corrected chi connectivity index (χ4v) is 4.89. The average molecular weight is 450 g/mol. The van der Waals surface area contributed by atoms with Crippen LogP contribution in [0.25, 0.3) is 11.4 Å². The van der Waals surface area contributed by atoms with Crippen LogP contribution in [0.15, 0.2) is 65.1 Å². The van der Waals surface area contributed by atoms with Crippen molar-refractivity contribution < 1.29 is 4.79 Å². The average Bonchev–Trinajstić information content (AvgIpc) is 3.40. The lowest BCUT2D eigenvalue weighted by Crippen LogP contribution is -2.14. The Labute approximate surface area is 189 Å². The van der Waals surface area contributed by atoms with E-state index in [0.717, 1.165) is 45.0 Å². The highest BCUT2D eigenvalue weighted by Gasteiger charge is 2.14. The van der Waals surface area contributed by atoms with Gasteiger partial charge in [-0.25, -0.2) is 4.98 Å². The third kappa shape index (κ3) is 5.39. The number of thiazole rings is 1. The van der Waals surface area contributed by atoms with Crippen molar-refractivity contribution in [2.45, 2.75) is 37.7 Å². The molecule has 2 heterocycles. The lowest BCUT2D eigenvalue weighted by Gasteiger charge is -2.06. The number of hydrogen-bond acceptors (Lipinski definition) is 6. The molecule has 0 fully saturated rings. The predicted octanol–water partition coefficient (Wildman–Crippen LogP) is 5.20. The van der Waals surface area contributed by atoms with E-state index in [9.17, 15) is 4.79 Å². The molecule has 158 valence electrons. The summed E-state index contributed by atoms with van der Waals surface area (Å²) >= 11 is 3.12. The van der Waals surface area contributed by atoms with Crippen molar-refractivity contribution in [2.24, 2.45) is 0 Å². The first kappa shape index (κ1) is 21.3. The number of anilines is 1. The van der Waals surface area contributed by atoms with Crippen LogP contribution >= 0.6 is 23.1 Å². The van der Waals surface area contributed by atoms with Crippen LogP contribution in [-0.4, -0.2) is 25.7 Å². The summed E-state index contributed by atoms with van der Waals surface area (Å²) in [5.74, 6) is 1.50. The number of aromatic nitrogens is 4. The van der Waals surface area contributed by atoms with Crippen LogP contribution in [0, 0.1) is 6.92 Å². The molecule has 4 rings (SSSR count). The summed E-state index contributed by atoms with van der Waals surface area (Å²) in [7, 11) is 0. The van der Waals surface area contributed by atoms with Gasteiger partial charge in [-0.1, -0.05) is 59.8 Å². The van der Waals surface area contributed by atoms with E-state index in [1.807, 2.05) is 66.9 Å². The second-order valence-electron chi connectivity index (χ2n) is 7.03. The summed E-state index contributed by atoms with van der Waals surface area (Å²) in [6.07, 6.45) is 0.270. The Balaban J connectivity index is 1.36. The van der Waals surface area contributed by atoms with Gasteiger partial charge >= 0.3 is 0 Å². The molecule has 0 unspecified atom stereocenters. The summed E-state index contributed by atoms with van der Waals surface area (Å²) in [5, 5.41) is 15.4. The highest BCUT2D eigenvalue weighted by atomic mass is 32.2. The second kappa shape index (κ2) is 9.89. The molecule has 31 heavy (non-hydrogen) atoms. The molecule has 0 saturated heterocycles. The third-order valence-corrected chi connectivity index (χ3v) is 6.56. The van der Waals surface area contributed by atoms with E-state index in [0.29, 0.717) is 5.75 Å². The Hall–Kier alpha value is -2.97. The molecule has 0 saturated carbocycles. The van der Waals surface area contributed by atoms with Gasteiger partial charge in [0.2, 0.25) is 5.91 Å². The number of hydrogen-bond donors (Lipinski definition) is 1. The lowest BCUT2D eigenvalue weighted by molar-refractivity contribution is -0.115. The topological polar surface area (TPSA) is 72.7 Å². The first-order chi connectivity index (χ1) is 15.1. The van der Waals surface area contributed by atoms with Gasteiger partial charge in [-0.2, -0.15) is 0 Å². The van der Waals surface area contributed by atoms with Crippen LogP contribution in [0.5, 0.6) is 0 Å². The molecule has 0 aliphatic rings. The van der Waals surface area contributed by atoms with E-state index in [1.165, 1.54) is 11.3 Å². The molecule has 1 amide bonds. The van der Waals surface area contributed by atoms with Gasteiger partial charge in [-0.15, -0.1) is 21.5 Å². The molecule has 1 N–H and O–H groups in total. The predicted molar refractivity (Wildman–Crippen MR) is 126 cm³/mol. The van der Waals surface area contributed by atoms with Crippen LogP contribution in [0.4, 0.5) is 5.69 Å². The van der Waals surface area contributed by atoms with Gasteiger partial charge in [0.15, 0.2) is 11.0 Å². The maximum absolute atomic E-state index is 12.3. The number of amides is 1. The van der Waals surface area contributed by atoms with Gasteiger partial charge < -0.3 is 9.88 Å². The summed E-state index contributed by atoms with van der Waals surface area (Å²) in [6.45, 7) is 4.90. The van der Waals surface area contributed by atoms with Crippen LogP contribution in [-0.2, 0) is 23.5 Å². The number of rotatable bonds is 8. The zero-order chi connectivity index (χ0) is 21.6. The van der Waals surface area contributed by atoms with Gasteiger partial charge in [0, 0.05) is 28.9 Å². The van der Waals surface area contributed by atoms with E-state index in [1.54, 1.807) is 11.8 Å². The number of carbonyl (C=O) groups is 1. The van der Waals surface area contributed by atoms with E-state index in [2.05, 4.69) is 32.0 Å². The van der Waals surface area contributed by atoms with Gasteiger partial charge in [0.25, 0.3) is 0 Å². The molecule has 0 aliphatic heterocycles. The molecule has 8 heteroatoms. The number of benzene rings is 2. The SMILES string of the molecule is CCn1c(SCc2csc(CC(=O)Nc3ccc(C)cc3)n2)nnc1-c1ccccc1. The van der Waals surface area contributed by atoms with E-state index in [4.69, 9.17) is 0 Å². The van der Waals surface area contributed by atoms with Gasteiger partial charge in [-0.3, -0.25) is 4.79 Å². The van der Waals surface area contributed by atoms with Gasteiger partial charge in [0.05, 0.1) is 12.1 Å². The highest BCUT2D eigenvalue weighted by Crippen LogP contribution is 2.27. The largest absolute Gasteiger partial charge is 0.326 e. The normalized spacial score (nSPS) is 10.9. The number of aryl methyl sites for hydroxylation is 1. The van der Waals surface area contributed by atoms with E-state index in [-0.39, 0.29) is 12.3 Å². The molecule has 0 radical (unpaired) electrons. The lowest BCUT2D eigenvalue weighted by atomic mass is 10.2. The number of nitrogens with one attached hydrogen (secondary N) is 1. The Morgan fingerprint density at radius 3 is 2.61 bits per heavy atom. The summed E-state index contributed by atoms with van der Waals surface area (Å²) in [4.78, 5) is 16.9. The molecule has 0 bridgehead atoms. The zero-order valence-electron chi connectivity index (χ0n) is 17.4. The quantitative estimate of drug-likeness (QED) is 0.374. The highest BCUT2D eigenvalue weighted by molar-refractivity contribution is 7.98. The molecular weight excluding hydrogens is 426 g/mol. The fourth-order valence-electron chi connectivity index (χ4n) is 3.10. The molecule has 6 nitrogen and oxygen atoms in total. The Morgan fingerprint density at radius 2 is 1.87 bits per heavy atom.